The van der Waals surface area contributed by atoms with Gasteiger partial charge in [-0.05, 0) is 24.6 Å². The lowest BCUT2D eigenvalue weighted by Crippen LogP contribution is -1.87. The largest absolute Gasteiger partial charge is 0.496 e. The van der Waals surface area contributed by atoms with Gasteiger partial charge in [-0.25, -0.2) is 4.39 Å². The Kier molecular flexibility index (Phi) is 4.66. The Morgan fingerprint density at radius 3 is 2.93 bits per heavy atom. The van der Waals surface area contributed by atoms with Crippen molar-refractivity contribution in [2.24, 2.45) is 0 Å². The van der Waals surface area contributed by atoms with Crippen LogP contribution in [0.4, 0.5) is 4.39 Å². The topological polar surface area (TPSA) is 9.23 Å². The predicted molar refractivity (Wildman–Crippen MR) is 60.4 cm³/mol. The van der Waals surface area contributed by atoms with Crippen LogP contribution in [-0.2, 0) is 0 Å². The Morgan fingerprint density at radius 1 is 1.50 bits per heavy atom. The van der Waals surface area contributed by atoms with Crippen molar-refractivity contribution in [2.45, 2.75) is 6.42 Å². The second kappa shape index (κ2) is 5.81. The molecule has 76 valence electrons. The van der Waals surface area contributed by atoms with Gasteiger partial charge in [0, 0.05) is 10.9 Å². The van der Waals surface area contributed by atoms with Crippen LogP contribution in [0.25, 0.3) is 6.08 Å². The Hall–Kier alpha value is -0.830. The Morgan fingerprint density at radius 2 is 2.29 bits per heavy atom. The summed E-state index contributed by atoms with van der Waals surface area (Å²) in [7, 11) is 1.58. The number of ether oxygens (including phenoxy) is 1. The van der Waals surface area contributed by atoms with Crippen molar-refractivity contribution in [2.75, 3.05) is 12.4 Å². The minimum atomic E-state index is -0.246. The second-order valence-corrected chi connectivity index (χ2v) is 3.56. The number of rotatable bonds is 4. The molecule has 0 unspecified atom stereocenters. The molecule has 1 aromatic carbocycles. The van der Waals surface area contributed by atoms with E-state index in [4.69, 9.17) is 4.74 Å². The first kappa shape index (κ1) is 11.2. The maximum absolute atomic E-state index is 12.9. The van der Waals surface area contributed by atoms with Crippen LogP contribution < -0.4 is 4.74 Å². The first-order valence-electron chi connectivity index (χ1n) is 4.34. The number of halogens is 2. The highest BCUT2D eigenvalue weighted by Gasteiger charge is 2.00. The van der Waals surface area contributed by atoms with E-state index in [9.17, 15) is 4.39 Å². The molecule has 0 fully saturated rings. The molecule has 0 saturated heterocycles. The molecule has 3 heteroatoms. The van der Waals surface area contributed by atoms with Gasteiger partial charge in [0.15, 0.2) is 0 Å². The lowest BCUT2D eigenvalue weighted by Gasteiger charge is -2.03. The molecule has 1 aromatic rings. The zero-order valence-corrected chi connectivity index (χ0v) is 9.55. The van der Waals surface area contributed by atoms with Crippen LogP contribution in [0.5, 0.6) is 5.75 Å². The van der Waals surface area contributed by atoms with Crippen molar-refractivity contribution in [1.29, 1.82) is 0 Å². The van der Waals surface area contributed by atoms with Gasteiger partial charge in [0.2, 0.25) is 0 Å². The van der Waals surface area contributed by atoms with E-state index in [2.05, 4.69) is 15.9 Å². The summed E-state index contributed by atoms with van der Waals surface area (Å²) in [4.78, 5) is 0. The molecule has 0 aromatic heterocycles. The summed E-state index contributed by atoms with van der Waals surface area (Å²) in [5, 5.41) is 0.904. The fourth-order valence-electron chi connectivity index (χ4n) is 1.11. The molecule has 0 amide bonds. The normalized spacial score (nSPS) is 10.8. The van der Waals surface area contributed by atoms with E-state index in [1.165, 1.54) is 12.1 Å². The van der Waals surface area contributed by atoms with Crippen LogP contribution in [0.2, 0.25) is 0 Å². The Labute approximate surface area is 91.7 Å². The molecule has 0 aliphatic carbocycles. The van der Waals surface area contributed by atoms with Crippen LogP contribution in [-0.4, -0.2) is 12.4 Å². The molecule has 1 nitrogen and oxygen atoms in total. The van der Waals surface area contributed by atoms with E-state index in [0.29, 0.717) is 5.75 Å². The van der Waals surface area contributed by atoms with Crippen LogP contribution in [0.15, 0.2) is 24.3 Å². The van der Waals surface area contributed by atoms with Crippen LogP contribution in [0.1, 0.15) is 12.0 Å². The highest BCUT2D eigenvalue weighted by Crippen LogP contribution is 2.20. The molecule has 0 spiro atoms. The van der Waals surface area contributed by atoms with Crippen molar-refractivity contribution >= 4 is 22.0 Å². The summed E-state index contributed by atoms with van der Waals surface area (Å²) in [6.45, 7) is 0. The van der Waals surface area contributed by atoms with Crippen molar-refractivity contribution < 1.29 is 9.13 Å². The van der Waals surface area contributed by atoms with Crippen molar-refractivity contribution in [1.82, 2.24) is 0 Å². The first-order chi connectivity index (χ1) is 6.77. The van der Waals surface area contributed by atoms with Gasteiger partial charge < -0.3 is 4.74 Å². The number of allylic oxidation sites excluding steroid dienone is 1. The van der Waals surface area contributed by atoms with Gasteiger partial charge in [-0.1, -0.05) is 28.1 Å². The number of hydrogen-bond donors (Lipinski definition) is 0. The molecule has 14 heavy (non-hydrogen) atoms. The minimum absolute atomic E-state index is 0.246. The lowest BCUT2D eigenvalue weighted by atomic mass is 10.1. The smallest absolute Gasteiger partial charge is 0.126 e. The summed E-state index contributed by atoms with van der Waals surface area (Å²) in [6, 6.07) is 4.48. The van der Waals surface area contributed by atoms with Crippen LogP contribution in [0.3, 0.4) is 0 Å². The molecule has 0 aliphatic rings. The SMILES string of the molecule is COc1ccc(F)cc1/C=C/CCBr. The van der Waals surface area contributed by atoms with Gasteiger partial charge in [0.05, 0.1) is 7.11 Å². The van der Waals surface area contributed by atoms with E-state index in [1.807, 2.05) is 12.2 Å². The van der Waals surface area contributed by atoms with E-state index in [0.717, 1.165) is 17.3 Å². The lowest BCUT2D eigenvalue weighted by molar-refractivity contribution is 0.412. The number of methoxy groups -OCH3 is 1. The third-order valence-corrected chi connectivity index (χ3v) is 2.22. The maximum atomic E-state index is 12.9. The van der Waals surface area contributed by atoms with Gasteiger partial charge in [-0.2, -0.15) is 0 Å². The molecular formula is C11H12BrFO. The summed E-state index contributed by atoms with van der Waals surface area (Å²) in [6.07, 6.45) is 4.76. The third kappa shape index (κ3) is 3.14. The maximum Gasteiger partial charge on any atom is 0.126 e. The molecule has 0 atom stereocenters. The van der Waals surface area contributed by atoms with Crippen molar-refractivity contribution in [3.63, 3.8) is 0 Å². The summed E-state index contributed by atoms with van der Waals surface area (Å²) < 4.78 is 18.0. The van der Waals surface area contributed by atoms with Gasteiger partial charge in [-0.15, -0.1) is 0 Å². The minimum Gasteiger partial charge on any atom is -0.496 e. The molecule has 0 saturated carbocycles. The van der Waals surface area contributed by atoms with Crippen molar-refractivity contribution in [3.8, 4) is 5.75 Å². The van der Waals surface area contributed by atoms with E-state index in [-0.39, 0.29) is 5.82 Å². The highest BCUT2D eigenvalue weighted by atomic mass is 79.9. The average Bonchev–Trinajstić information content (AvgIpc) is 2.19. The third-order valence-electron chi connectivity index (χ3n) is 1.76. The van der Waals surface area contributed by atoms with Crippen LogP contribution in [0, 0.1) is 5.82 Å². The van der Waals surface area contributed by atoms with E-state index >= 15 is 0 Å². The number of benzene rings is 1. The van der Waals surface area contributed by atoms with Crippen molar-refractivity contribution in [3.05, 3.63) is 35.7 Å². The fourth-order valence-corrected chi connectivity index (χ4v) is 1.37. The molecule has 0 heterocycles. The molecule has 0 radical (unpaired) electrons. The van der Waals surface area contributed by atoms with Crippen LogP contribution >= 0.6 is 15.9 Å². The summed E-state index contributed by atoms with van der Waals surface area (Å²) in [5.41, 5.74) is 0.772. The summed E-state index contributed by atoms with van der Waals surface area (Å²) in [5.74, 6) is 0.446. The Bertz CT molecular complexity index is 323. The van der Waals surface area contributed by atoms with Gasteiger partial charge in [-0.3, -0.25) is 0 Å². The van der Waals surface area contributed by atoms with E-state index < -0.39 is 0 Å². The second-order valence-electron chi connectivity index (χ2n) is 2.77. The van der Waals surface area contributed by atoms with E-state index in [1.54, 1.807) is 13.2 Å². The molecule has 0 aliphatic heterocycles. The first-order valence-corrected chi connectivity index (χ1v) is 5.46. The fraction of sp³-hybridized carbons (Fsp3) is 0.273. The standard InChI is InChI=1S/C11H12BrFO/c1-14-11-6-5-10(13)8-9(11)4-2-3-7-12/h2,4-6,8H,3,7H2,1H3/b4-2+. The quantitative estimate of drug-likeness (QED) is 0.750. The number of hydrogen-bond acceptors (Lipinski definition) is 1. The molecular weight excluding hydrogens is 247 g/mol. The molecule has 0 N–H and O–H groups in total. The van der Waals surface area contributed by atoms with Gasteiger partial charge in [0.25, 0.3) is 0 Å². The zero-order valence-electron chi connectivity index (χ0n) is 7.97. The summed E-state index contributed by atoms with van der Waals surface area (Å²) >= 11 is 3.32. The van der Waals surface area contributed by atoms with Gasteiger partial charge in [0.1, 0.15) is 11.6 Å². The predicted octanol–water partition coefficient (Wildman–Crippen LogP) is 3.63. The Balaban J connectivity index is 2.87. The zero-order chi connectivity index (χ0) is 10.4. The number of alkyl halides is 1. The monoisotopic (exact) mass is 258 g/mol. The highest BCUT2D eigenvalue weighted by molar-refractivity contribution is 9.09. The average molecular weight is 259 g/mol. The molecule has 1 rings (SSSR count). The van der Waals surface area contributed by atoms with Gasteiger partial charge >= 0.3 is 0 Å². The molecule has 0 bridgehead atoms.